The molecule has 8 nitrogen and oxygen atoms in total. The van der Waals surface area contributed by atoms with Crippen molar-refractivity contribution >= 4 is 17.7 Å². The number of piperidine rings is 1. The van der Waals surface area contributed by atoms with Gasteiger partial charge in [-0.05, 0) is 54.9 Å². The number of carbonyl (C=O) groups excluding carboxylic acids is 1. The fourth-order valence-corrected chi connectivity index (χ4v) is 4.16. The Balaban J connectivity index is 1.35. The summed E-state index contributed by atoms with van der Waals surface area (Å²) in [5.74, 6) is 3.08. The van der Waals surface area contributed by atoms with Crippen LogP contribution in [0.5, 0.6) is 0 Å². The average Bonchev–Trinajstić information content (AvgIpc) is 3.43. The van der Waals surface area contributed by atoms with Crippen LogP contribution in [0.4, 0.5) is 11.8 Å². The predicted octanol–water partition coefficient (Wildman–Crippen LogP) is 2.88. The number of aromatic nitrogens is 4. The molecule has 2 aromatic heterocycles. The maximum Gasteiger partial charge on any atom is 0.256 e. The molecule has 164 valence electrons. The fraction of sp³-hybridized carbons (Fsp3) is 0.375. The number of carbonyl (C=O) groups is 1. The smallest absolute Gasteiger partial charge is 0.256 e. The Kier molecular flexibility index (Phi) is 5.43. The molecule has 1 aliphatic carbocycles. The second kappa shape index (κ2) is 8.53. The van der Waals surface area contributed by atoms with Crippen LogP contribution in [0, 0.1) is 25.7 Å². The fourth-order valence-electron chi connectivity index (χ4n) is 4.16. The standard InChI is InChI=1S/C24H27N7O/c1-15-4-5-17(8-16(15)2)10-27-22-20(23(32)28-12-21-25-6-3-7-26-21)11-29-24(30-22)31-13-18-9-19(18)14-31/h3-8,11,18-19H,9-10,12-14H2,1-2H3,(H,28,32)(H,27,29,30). The van der Waals surface area contributed by atoms with Crippen LogP contribution in [0.2, 0.25) is 0 Å². The van der Waals surface area contributed by atoms with Crippen LogP contribution in [0.25, 0.3) is 0 Å². The molecule has 2 unspecified atom stereocenters. The monoisotopic (exact) mass is 429 g/mol. The Morgan fingerprint density at radius 1 is 1.06 bits per heavy atom. The van der Waals surface area contributed by atoms with Gasteiger partial charge in [0, 0.05) is 38.2 Å². The van der Waals surface area contributed by atoms with Crippen LogP contribution in [0.1, 0.15) is 39.3 Å². The first-order chi connectivity index (χ1) is 15.6. The van der Waals surface area contributed by atoms with Crippen molar-refractivity contribution in [3.8, 4) is 0 Å². The van der Waals surface area contributed by atoms with Gasteiger partial charge in [-0.15, -0.1) is 0 Å². The maximum atomic E-state index is 12.9. The van der Waals surface area contributed by atoms with Crippen LogP contribution in [0.3, 0.4) is 0 Å². The van der Waals surface area contributed by atoms with Crippen LogP contribution >= 0.6 is 0 Å². The summed E-state index contributed by atoms with van der Waals surface area (Å²) in [6.45, 7) is 7.02. The van der Waals surface area contributed by atoms with E-state index in [0.717, 1.165) is 30.5 Å². The number of nitrogens with zero attached hydrogens (tertiary/aromatic N) is 5. The number of amides is 1. The minimum Gasteiger partial charge on any atom is -0.365 e. The van der Waals surface area contributed by atoms with Gasteiger partial charge in [-0.1, -0.05) is 18.2 Å². The molecular formula is C24H27N7O. The molecule has 8 heteroatoms. The number of fused-ring (bicyclic) bond motifs is 1. The van der Waals surface area contributed by atoms with Crippen molar-refractivity contribution < 1.29 is 4.79 Å². The number of benzene rings is 1. The second-order valence-electron chi connectivity index (χ2n) is 8.71. The van der Waals surface area contributed by atoms with Crippen molar-refractivity contribution in [3.63, 3.8) is 0 Å². The van der Waals surface area contributed by atoms with Crippen LogP contribution in [0.15, 0.2) is 42.9 Å². The molecular weight excluding hydrogens is 402 g/mol. The Morgan fingerprint density at radius 3 is 2.59 bits per heavy atom. The Hall–Kier alpha value is -3.55. The lowest BCUT2D eigenvalue weighted by molar-refractivity contribution is 0.0950. The SMILES string of the molecule is Cc1ccc(CNc2nc(N3CC4CC4C3)ncc2C(=O)NCc2ncccn2)cc1C. The zero-order valence-corrected chi connectivity index (χ0v) is 18.4. The van der Waals surface area contributed by atoms with Gasteiger partial charge in [-0.2, -0.15) is 4.98 Å². The van der Waals surface area contributed by atoms with E-state index in [2.05, 4.69) is 62.5 Å². The molecule has 5 rings (SSSR count). The first-order valence-electron chi connectivity index (χ1n) is 11.0. The molecule has 3 aromatic rings. The maximum absolute atomic E-state index is 12.9. The summed E-state index contributed by atoms with van der Waals surface area (Å²) in [7, 11) is 0. The third-order valence-corrected chi connectivity index (χ3v) is 6.34. The van der Waals surface area contributed by atoms with Crippen molar-refractivity contribution in [1.29, 1.82) is 0 Å². The van der Waals surface area contributed by atoms with Crippen molar-refractivity contribution in [2.45, 2.75) is 33.4 Å². The van der Waals surface area contributed by atoms with E-state index in [1.54, 1.807) is 24.7 Å². The number of anilines is 2. The average molecular weight is 430 g/mol. The highest BCUT2D eigenvalue weighted by atomic mass is 16.1. The molecule has 2 aliphatic rings. The molecule has 1 aromatic carbocycles. The number of hydrogen-bond donors (Lipinski definition) is 2. The number of rotatable bonds is 7. The van der Waals surface area contributed by atoms with Crippen LogP contribution in [-0.2, 0) is 13.1 Å². The van der Waals surface area contributed by atoms with Gasteiger partial charge in [0.2, 0.25) is 5.95 Å². The first kappa shape index (κ1) is 20.4. The van der Waals surface area contributed by atoms with E-state index in [0.29, 0.717) is 29.7 Å². The molecule has 0 spiro atoms. The van der Waals surface area contributed by atoms with Gasteiger partial charge in [0.1, 0.15) is 17.2 Å². The molecule has 0 bridgehead atoms. The molecule has 0 radical (unpaired) electrons. The molecule has 2 atom stereocenters. The van der Waals surface area contributed by atoms with E-state index in [1.807, 2.05) is 0 Å². The van der Waals surface area contributed by atoms with Gasteiger partial charge in [-0.3, -0.25) is 4.79 Å². The largest absolute Gasteiger partial charge is 0.365 e. The van der Waals surface area contributed by atoms with Gasteiger partial charge in [0.15, 0.2) is 0 Å². The molecule has 1 saturated heterocycles. The lowest BCUT2D eigenvalue weighted by atomic mass is 10.1. The zero-order valence-electron chi connectivity index (χ0n) is 18.4. The van der Waals surface area contributed by atoms with Gasteiger partial charge < -0.3 is 15.5 Å². The number of aryl methyl sites for hydroxylation is 2. The minimum absolute atomic E-state index is 0.244. The van der Waals surface area contributed by atoms with E-state index in [1.165, 1.54) is 17.5 Å². The van der Waals surface area contributed by atoms with E-state index < -0.39 is 0 Å². The normalized spacial score (nSPS) is 18.9. The summed E-state index contributed by atoms with van der Waals surface area (Å²) in [6.07, 6.45) is 6.25. The molecule has 3 heterocycles. The molecule has 1 aliphatic heterocycles. The molecule has 1 saturated carbocycles. The molecule has 32 heavy (non-hydrogen) atoms. The van der Waals surface area contributed by atoms with Gasteiger partial charge in [-0.25, -0.2) is 15.0 Å². The Morgan fingerprint density at radius 2 is 1.84 bits per heavy atom. The second-order valence-corrected chi connectivity index (χ2v) is 8.71. The summed E-state index contributed by atoms with van der Waals surface area (Å²) in [6, 6.07) is 8.11. The summed E-state index contributed by atoms with van der Waals surface area (Å²) in [5.41, 5.74) is 4.05. The van der Waals surface area contributed by atoms with E-state index >= 15 is 0 Å². The van der Waals surface area contributed by atoms with Crippen LogP contribution in [-0.4, -0.2) is 38.9 Å². The van der Waals surface area contributed by atoms with Crippen molar-refractivity contribution in [1.82, 2.24) is 25.3 Å². The lowest BCUT2D eigenvalue weighted by Crippen LogP contribution is -2.28. The topological polar surface area (TPSA) is 95.9 Å². The van der Waals surface area contributed by atoms with Gasteiger partial charge in [0.25, 0.3) is 5.91 Å². The van der Waals surface area contributed by atoms with Crippen molar-refractivity contribution in [2.75, 3.05) is 23.3 Å². The van der Waals surface area contributed by atoms with E-state index in [9.17, 15) is 4.79 Å². The first-order valence-corrected chi connectivity index (χ1v) is 11.0. The highest BCUT2D eigenvalue weighted by molar-refractivity contribution is 5.98. The summed E-state index contributed by atoms with van der Waals surface area (Å²) in [5, 5.41) is 6.25. The Bertz CT molecular complexity index is 1120. The summed E-state index contributed by atoms with van der Waals surface area (Å²) >= 11 is 0. The molecule has 1 amide bonds. The zero-order chi connectivity index (χ0) is 22.1. The quantitative estimate of drug-likeness (QED) is 0.596. The van der Waals surface area contributed by atoms with Crippen LogP contribution < -0.4 is 15.5 Å². The molecule has 2 fully saturated rings. The number of hydrogen-bond acceptors (Lipinski definition) is 7. The van der Waals surface area contributed by atoms with Gasteiger partial charge >= 0.3 is 0 Å². The van der Waals surface area contributed by atoms with Crippen molar-refractivity contribution in [2.24, 2.45) is 11.8 Å². The highest BCUT2D eigenvalue weighted by Crippen LogP contribution is 2.45. The third kappa shape index (κ3) is 4.39. The Labute approximate surface area is 187 Å². The third-order valence-electron chi connectivity index (χ3n) is 6.34. The minimum atomic E-state index is -0.254. The van der Waals surface area contributed by atoms with E-state index in [4.69, 9.17) is 4.98 Å². The molecule has 2 N–H and O–H groups in total. The highest BCUT2D eigenvalue weighted by Gasteiger charge is 2.45. The summed E-state index contributed by atoms with van der Waals surface area (Å²) in [4.78, 5) is 32.7. The summed E-state index contributed by atoms with van der Waals surface area (Å²) < 4.78 is 0. The van der Waals surface area contributed by atoms with E-state index in [-0.39, 0.29) is 12.5 Å². The predicted molar refractivity (Wildman–Crippen MR) is 122 cm³/mol. The lowest BCUT2D eigenvalue weighted by Gasteiger charge is -2.20. The van der Waals surface area contributed by atoms with Crippen molar-refractivity contribution in [3.05, 3.63) is 70.9 Å². The number of nitrogens with one attached hydrogen (secondary N) is 2. The van der Waals surface area contributed by atoms with Gasteiger partial charge in [0.05, 0.1) is 6.54 Å².